The summed E-state index contributed by atoms with van der Waals surface area (Å²) in [5.41, 5.74) is 1.88. The molecule has 1 unspecified atom stereocenters. The van der Waals surface area contributed by atoms with Gasteiger partial charge in [0.15, 0.2) is 0 Å². The highest BCUT2D eigenvalue weighted by molar-refractivity contribution is 5.32. The van der Waals surface area contributed by atoms with E-state index < -0.39 is 0 Å². The van der Waals surface area contributed by atoms with Gasteiger partial charge in [0.2, 0.25) is 0 Å². The maximum atomic E-state index is 9.75. The van der Waals surface area contributed by atoms with Crippen LogP contribution in [0.1, 0.15) is 44.2 Å². The number of hydrogen-bond acceptors (Lipinski definition) is 3. The van der Waals surface area contributed by atoms with E-state index in [2.05, 4.69) is 25.2 Å². The van der Waals surface area contributed by atoms with Crippen LogP contribution < -0.4 is 5.32 Å². The predicted molar refractivity (Wildman–Crippen MR) is 80.0 cm³/mol. The van der Waals surface area contributed by atoms with Gasteiger partial charge in [0.1, 0.15) is 0 Å². The van der Waals surface area contributed by atoms with Crippen LogP contribution in [-0.2, 0) is 6.54 Å². The molecule has 1 atom stereocenters. The highest BCUT2D eigenvalue weighted by Gasteiger charge is 2.44. The van der Waals surface area contributed by atoms with E-state index in [1.54, 1.807) is 0 Å². The van der Waals surface area contributed by atoms with Crippen LogP contribution in [-0.4, -0.2) is 17.8 Å². The number of nitrogens with zero attached hydrogens (tertiary/aromatic N) is 1. The Morgan fingerprint density at radius 2 is 2.15 bits per heavy atom. The molecule has 0 bridgehead atoms. The fraction of sp³-hybridized carbons (Fsp3) is 0.588. The SMILES string of the molecule is CC(C)C(NCc1cccc(C#N)c1)C1(CO)CCC1. The lowest BCUT2D eigenvalue weighted by atomic mass is 9.62. The van der Waals surface area contributed by atoms with Crippen molar-refractivity contribution in [1.29, 1.82) is 5.26 Å². The summed E-state index contributed by atoms with van der Waals surface area (Å²) in [5, 5.41) is 22.3. The van der Waals surface area contributed by atoms with Gasteiger partial charge in [-0.1, -0.05) is 32.4 Å². The second kappa shape index (κ2) is 6.39. The van der Waals surface area contributed by atoms with Gasteiger partial charge in [-0.2, -0.15) is 5.26 Å². The Hall–Kier alpha value is -1.37. The lowest BCUT2D eigenvalue weighted by Crippen LogP contribution is -2.54. The minimum absolute atomic E-state index is 0.0566. The molecule has 1 aliphatic rings. The molecule has 20 heavy (non-hydrogen) atoms. The van der Waals surface area contributed by atoms with Gasteiger partial charge in [-0.05, 0) is 36.5 Å². The van der Waals surface area contributed by atoms with E-state index in [-0.39, 0.29) is 12.0 Å². The average Bonchev–Trinajstić information content (AvgIpc) is 2.41. The quantitative estimate of drug-likeness (QED) is 0.837. The van der Waals surface area contributed by atoms with E-state index in [9.17, 15) is 5.11 Å². The Kier molecular flexibility index (Phi) is 4.80. The van der Waals surface area contributed by atoms with E-state index in [0.29, 0.717) is 17.5 Å². The van der Waals surface area contributed by atoms with Crippen molar-refractivity contribution in [2.45, 2.75) is 45.7 Å². The van der Waals surface area contributed by atoms with Crippen molar-refractivity contribution in [2.75, 3.05) is 6.61 Å². The molecule has 0 saturated heterocycles. The van der Waals surface area contributed by atoms with E-state index in [1.807, 2.05) is 24.3 Å². The smallest absolute Gasteiger partial charge is 0.0991 e. The molecule has 2 rings (SSSR count). The van der Waals surface area contributed by atoms with E-state index in [0.717, 1.165) is 24.9 Å². The first-order valence-electron chi connectivity index (χ1n) is 7.44. The maximum Gasteiger partial charge on any atom is 0.0991 e. The Morgan fingerprint density at radius 3 is 2.65 bits per heavy atom. The Bertz CT molecular complexity index is 480. The fourth-order valence-corrected chi connectivity index (χ4v) is 3.34. The minimum atomic E-state index is 0.0566. The molecule has 0 radical (unpaired) electrons. The maximum absolute atomic E-state index is 9.75. The minimum Gasteiger partial charge on any atom is -0.396 e. The number of aliphatic hydroxyl groups excluding tert-OH is 1. The van der Waals surface area contributed by atoms with Gasteiger partial charge in [-0.25, -0.2) is 0 Å². The number of nitrogens with one attached hydrogen (secondary N) is 1. The molecule has 0 amide bonds. The van der Waals surface area contributed by atoms with Crippen molar-refractivity contribution in [3.05, 3.63) is 35.4 Å². The Morgan fingerprint density at radius 1 is 1.40 bits per heavy atom. The normalized spacial score (nSPS) is 18.4. The standard InChI is InChI=1S/C17H24N2O/c1-13(2)16(17(12-20)7-4-8-17)19-11-15-6-3-5-14(9-15)10-18/h3,5-6,9,13,16,19-20H,4,7-8,11-12H2,1-2H3. The van der Waals surface area contributed by atoms with Crippen LogP contribution in [0.4, 0.5) is 0 Å². The summed E-state index contributed by atoms with van der Waals surface area (Å²) in [6.45, 7) is 5.43. The average molecular weight is 272 g/mol. The third kappa shape index (κ3) is 3.03. The summed E-state index contributed by atoms with van der Waals surface area (Å²) < 4.78 is 0. The van der Waals surface area contributed by atoms with Crippen molar-refractivity contribution in [3.8, 4) is 6.07 Å². The molecule has 2 N–H and O–H groups in total. The second-order valence-electron chi connectivity index (χ2n) is 6.29. The highest BCUT2D eigenvalue weighted by Crippen LogP contribution is 2.45. The number of hydrogen-bond donors (Lipinski definition) is 2. The van der Waals surface area contributed by atoms with Crippen molar-refractivity contribution in [3.63, 3.8) is 0 Å². The van der Waals surface area contributed by atoms with Crippen LogP contribution in [0.2, 0.25) is 0 Å². The first-order valence-corrected chi connectivity index (χ1v) is 7.44. The van der Waals surface area contributed by atoms with Gasteiger partial charge in [0.05, 0.1) is 18.2 Å². The molecule has 3 nitrogen and oxygen atoms in total. The van der Waals surface area contributed by atoms with Gasteiger partial charge in [-0.15, -0.1) is 0 Å². The van der Waals surface area contributed by atoms with E-state index in [1.165, 1.54) is 6.42 Å². The lowest BCUT2D eigenvalue weighted by Gasteiger charge is -2.48. The zero-order chi connectivity index (χ0) is 14.6. The van der Waals surface area contributed by atoms with Gasteiger partial charge >= 0.3 is 0 Å². The molecule has 0 aromatic heterocycles. The van der Waals surface area contributed by atoms with Crippen LogP contribution in [0.25, 0.3) is 0 Å². The van der Waals surface area contributed by atoms with Crippen LogP contribution in [0, 0.1) is 22.7 Å². The third-order valence-electron chi connectivity index (χ3n) is 4.57. The molecule has 1 aromatic carbocycles. The largest absolute Gasteiger partial charge is 0.396 e. The lowest BCUT2D eigenvalue weighted by molar-refractivity contribution is -0.0101. The van der Waals surface area contributed by atoms with Crippen molar-refractivity contribution >= 4 is 0 Å². The van der Waals surface area contributed by atoms with Gasteiger partial charge < -0.3 is 10.4 Å². The molecule has 0 aliphatic heterocycles. The summed E-state index contributed by atoms with van der Waals surface area (Å²) in [5.74, 6) is 0.488. The number of rotatable bonds is 6. The molecule has 108 valence electrons. The summed E-state index contributed by atoms with van der Waals surface area (Å²) in [6, 6.07) is 10.2. The van der Waals surface area contributed by atoms with Gasteiger partial charge in [0.25, 0.3) is 0 Å². The Balaban J connectivity index is 2.04. The second-order valence-corrected chi connectivity index (χ2v) is 6.29. The van der Waals surface area contributed by atoms with E-state index >= 15 is 0 Å². The number of benzene rings is 1. The van der Waals surface area contributed by atoms with Crippen LogP contribution >= 0.6 is 0 Å². The molecule has 0 heterocycles. The van der Waals surface area contributed by atoms with E-state index in [4.69, 9.17) is 5.26 Å². The summed E-state index contributed by atoms with van der Waals surface area (Å²) in [6.07, 6.45) is 3.44. The third-order valence-corrected chi connectivity index (χ3v) is 4.57. The monoisotopic (exact) mass is 272 g/mol. The number of nitriles is 1. The predicted octanol–water partition coefficient (Wildman–Crippen LogP) is 2.84. The summed E-state index contributed by atoms with van der Waals surface area (Å²) in [4.78, 5) is 0. The van der Waals surface area contributed by atoms with Crippen molar-refractivity contribution < 1.29 is 5.11 Å². The first kappa shape index (κ1) is 15.0. The fourth-order valence-electron chi connectivity index (χ4n) is 3.34. The van der Waals surface area contributed by atoms with Crippen LogP contribution in [0.3, 0.4) is 0 Å². The molecular formula is C17H24N2O. The highest BCUT2D eigenvalue weighted by atomic mass is 16.3. The summed E-state index contributed by atoms with van der Waals surface area (Å²) in [7, 11) is 0. The topological polar surface area (TPSA) is 56.0 Å². The van der Waals surface area contributed by atoms with Crippen molar-refractivity contribution in [2.24, 2.45) is 11.3 Å². The zero-order valence-corrected chi connectivity index (χ0v) is 12.4. The van der Waals surface area contributed by atoms with Crippen LogP contribution in [0.15, 0.2) is 24.3 Å². The molecular weight excluding hydrogens is 248 g/mol. The molecule has 0 spiro atoms. The molecule has 1 aliphatic carbocycles. The summed E-state index contributed by atoms with van der Waals surface area (Å²) >= 11 is 0. The van der Waals surface area contributed by atoms with Gasteiger partial charge in [-0.3, -0.25) is 0 Å². The molecule has 1 saturated carbocycles. The zero-order valence-electron chi connectivity index (χ0n) is 12.4. The number of aliphatic hydroxyl groups is 1. The molecule has 3 heteroatoms. The first-order chi connectivity index (χ1) is 9.61. The molecule has 1 fully saturated rings. The molecule has 1 aromatic rings. The van der Waals surface area contributed by atoms with Gasteiger partial charge in [0, 0.05) is 18.0 Å². The van der Waals surface area contributed by atoms with Crippen LogP contribution in [0.5, 0.6) is 0 Å². The van der Waals surface area contributed by atoms with Crippen molar-refractivity contribution in [1.82, 2.24) is 5.32 Å². The Labute approximate surface area is 121 Å².